The first-order chi connectivity index (χ1) is 17.0. The number of ether oxygens (including phenoxy) is 1. The van der Waals surface area contributed by atoms with Crippen molar-refractivity contribution in [2.45, 2.75) is 44.6 Å². The van der Waals surface area contributed by atoms with Gasteiger partial charge in [-0.15, -0.1) is 11.3 Å². The summed E-state index contributed by atoms with van der Waals surface area (Å²) in [7, 11) is -3.80. The van der Waals surface area contributed by atoms with Gasteiger partial charge in [0.15, 0.2) is 0 Å². The number of benzene rings is 3. The molecule has 36 heavy (non-hydrogen) atoms. The van der Waals surface area contributed by atoms with E-state index in [0.717, 1.165) is 16.1 Å². The quantitative estimate of drug-likeness (QED) is 0.278. The first kappa shape index (κ1) is 25.6. The lowest BCUT2D eigenvalue weighted by Crippen LogP contribution is -2.17. The molecule has 0 aliphatic heterocycles. The number of hydrogen-bond acceptors (Lipinski definition) is 6. The molecule has 6 nitrogen and oxygen atoms in total. The highest BCUT2D eigenvalue weighted by atomic mass is 32.2. The molecule has 0 spiro atoms. The minimum Gasteiger partial charge on any atom is -0.456 e. The Morgan fingerprint density at radius 1 is 1.00 bits per heavy atom. The van der Waals surface area contributed by atoms with Crippen molar-refractivity contribution in [1.29, 1.82) is 0 Å². The summed E-state index contributed by atoms with van der Waals surface area (Å²) < 4.78 is 34.2. The van der Waals surface area contributed by atoms with Gasteiger partial charge in [0.1, 0.15) is 11.6 Å². The average Bonchev–Trinajstić information content (AvgIpc) is 3.32. The number of anilines is 1. The van der Waals surface area contributed by atoms with Crippen molar-refractivity contribution in [1.82, 2.24) is 4.98 Å². The van der Waals surface area contributed by atoms with Crippen LogP contribution >= 0.6 is 11.3 Å². The van der Waals surface area contributed by atoms with Gasteiger partial charge in [-0.05, 0) is 53.8 Å². The third kappa shape index (κ3) is 6.01. The lowest BCUT2D eigenvalue weighted by Gasteiger charge is -2.21. The van der Waals surface area contributed by atoms with Gasteiger partial charge in [0.25, 0.3) is 10.0 Å². The molecule has 0 saturated heterocycles. The highest BCUT2D eigenvalue weighted by molar-refractivity contribution is 7.92. The topological polar surface area (TPSA) is 85.4 Å². The molecule has 1 heterocycles. The second kappa shape index (κ2) is 10.2. The van der Waals surface area contributed by atoms with E-state index in [1.165, 1.54) is 23.5 Å². The molecule has 8 heteroatoms. The van der Waals surface area contributed by atoms with Crippen molar-refractivity contribution in [2.75, 3.05) is 4.72 Å². The Balaban J connectivity index is 1.40. The zero-order valence-electron chi connectivity index (χ0n) is 20.6. The summed E-state index contributed by atoms with van der Waals surface area (Å²) in [5.41, 5.74) is 3.78. The average molecular weight is 521 g/mol. The van der Waals surface area contributed by atoms with Gasteiger partial charge in [-0.25, -0.2) is 18.2 Å². The maximum absolute atomic E-state index is 13.1. The molecule has 3 aromatic carbocycles. The van der Waals surface area contributed by atoms with Crippen LogP contribution in [0.1, 0.15) is 48.0 Å². The minimum absolute atomic E-state index is 0.0555. The van der Waals surface area contributed by atoms with Crippen LogP contribution in [0.5, 0.6) is 0 Å². The van der Waals surface area contributed by atoms with Crippen molar-refractivity contribution in [3.63, 3.8) is 0 Å². The summed E-state index contributed by atoms with van der Waals surface area (Å²) in [5, 5.41) is 2.73. The van der Waals surface area contributed by atoms with Crippen LogP contribution in [0.3, 0.4) is 0 Å². The molecular weight excluding hydrogens is 492 g/mol. The van der Waals surface area contributed by atoms with E-state index in [2.05, 4.69) is 9.71 Å². The van der Waals surface area contributed by atoms with Crippen molar-refractivity contribution < 1.29 is 17.9 Å². The number of nitrogens with zero attached hydrogens (tertiary/aromatic N) is 1. The van der Waals surface area contributed by atoms with E-state index in [9.17, 15) is 13.2 Å². The molecule has 0 radical (unpaired) electrons. The highest BCUT2D eigenvalue weighted by Gasteiger charge is 2.22. The Labute approximate surface area is 216 Å². The predicted octanol–water partition coefficient (Wildman–Crippen LogP) is 6.57. The zero-order valence-corrected chi connectivity index (χ0v) is 22.2. The number of carbonyl (C=O) groups excluding carboxylic acids is 1. The Morgan fingerprint density at radius 2 is 1.69 bits per heavy atom. The van der Waals surface area contributed by atoms with E-state index >= 15 is 0 Å². The third-order valence-corrected chi connectivity index (χ3v) is 8.10. The van der Waals surface area contributed by atoms with E-state index < -0.39 is 16.0 Å². The highest BCUT2D eigenvalue weighted by Crippen LogP contribution is 2.28. The van der Waals surface area contributed by atoms with Crippen LogP contribution in [0.25, 0.3) is 10.6 Å². The fourth-order valence-corrected chi connectivity index (χ4v) is 5.69. The van der Waals surface area contributed by atoms with Crippen LogP contribution in [-0.2, 0) is 26.8 Å². The van der Waals surface area contributed by atoms with E-state index in [4.69, 9.17) is 4.74 Å². The molecule has 0 saturated carbocycles. The maximum Gasteiger partial charge on any atom is 0.338 e. The van der Waals surface area contributed by atoms with Gasteiger partial charge < -0.3 is 4.74 Å². The standard InChI is InChI=1S/C28H28N2O4S2/c1-19-10-13-22(28(2,3)4)16-25(19)36(32,33)30-23-14-11-21(12-15-23)27(31)34-17-24-18-35-26(29-24)20-8-6-5-7-9-20/h5-16,18,30H,17H2,1-4H3. The van der Waals surface area contributed by atoms with E-state index in [-0.39, 0.29) is 16.9 Å². The molecule has 0 bridgehead atoms. The van der Waals surface area contributed by atoms with Gasteiger partial charge in [-0.1, -0.05) is 63.2 Å². The molecule has 0 amide bonds. The number of hydrogen-bond donors (Lipinski definition) is 1. The Kier molecular flexibility index (Phi) is 7.28. The Hall–Kier alpha value is -3.49. The number of nitrogens with one attached hydrogen (secondary N) is 1. The van der Waals surface area contributed by atoms with Gasteiger partial charge in [0.2, 0.25) is 0 Å². The molecule has 0 unspecified atom stereocenters. The fraction of sp³-hybridized carbons (Fsp3) is 0.214. The molecule has 4 rings (SSSR count). The normalized spacial score (nSPS) is 11.8. The Bertz CT molecular complexity index is 1470. The molecule has 0 atom stereocenters. The van der Waals surface area contributed by atoms with E-state index in [0.29, 0.717) is 22.5 Å². The first-order valence-electron chi connectivity index (χ1n) is 11.4. The molecule has 4 aromatic rings. The number of aryl methyl sites for hydroxylation is 1. The number of rotatable bonds is 7. The van der Waals surface area contributed by atoms with Gasteiger partial charge >= 0.3 is 5.97 Å². The summed E-state index contributed by atoms with van der Waals surface area (Å²) in [4.78, 5) is 17.3. The molecule has 1 N–H and O–H groups in total. The third-order valence-electron chi connectivity index (χ3n) is 5.64. The van der Waals surface area contributed by atoms with E-state index in [1.807, 2.05) is 68.6 Å². The number of carbonyl (C=O) groups is 1. The van der Waals surface area contributed by atoms with Gasteiger partial charge in [-0.2, -0.15) is 0 Å². The monoisotopic (exact) mass is 520 g/mol. The Morgan fingerprint density at radius 3 is 2.36 bits per heavy atom. The molecule has 0 fully saturated rings. The molecule has 0 aliphatic rings. The summed E-state index contributed by atoms with van der Waals surface area (Å²) >= 11 is 1.49. The number of thiazole rings is 1. The van der Waals surface area contributed by atoms with Gasteiger partial charge in [0.05, 0.1) is 16.2 Å². The zero-order chi connectivity index (χ0) is 25.9. The molecule has 1 aromatic heterocycles. The second-order valence-corrected chi connectivity index (χ2v) is 12.0. The van der Waals surface area contributed by atoms with Crippen molar-refractivity contribution in [3.05, 3.63) is 101 Å². The molecule has 186 valence electrons. The van der Waals surface area contributed by atoms with Gasteiger partial charge in [-0.3, -0.25) is 4.72 Å². The first-order valence-corrected chi connectivity index (χ1v) is 13.8. The second-order valence-electron chi connectivity index (χ2n) is 9.50. The van der Waals surface area contributed by atoms with Crippen molar-refractivity contribution in [2.24, 2.45) is 0 Å². The summed E-state index contributed by atoms with van der Waals surface area (Å²) in [6.45, 7) is 7.94. The van der Waals surface area contributed by atoms with Crippen LogP contribution < -0.4 is 4.72 Å². The summed E-state index contributed by atoms with van der Waals surface area (Å²) in [5.74, 6) is -0.507. The predicted molar refractivity (Wildman–Crippen MR) is 144 cm³/mol. The van der Waals surface area contributed by atoms with Crippen LogP contribution in [0, 0.1) is 6.92 Å². The van der Waals surface area contributed by atoms with Crippen LogP contribution in [0.2, 0.25) is 0 Å². The van der Waals surface area contributed by atoms with Crippen LogP contribution in [0.4, 0.5) is 5.69 Å². The smallest absolute Gasteiger partial charge is 0.338 e. The number of esters is 1. The summed E-state index contributed by atoms with van der Waals surface area (Å²) in [6.07, 6.45) is 0. The minimum atomic E-state index is -3.80. The molecular formula is C28H28N2O4S2. The fourth-order valence-electron chi connectivity index (χ4n) is 3.55. The number of aromatic nitrogens is 1. The lowest BCUT2D eigenvalue weighted by atomic mass is 9.87. The van der Waals surface area contributed by atoms with Crippen molar-refractivity contribution >= 4 is 33.0 Å². The van der Waals surface area contributed by atoms with Crippen LogP contribution in [0.15, 0.2) is 83.1 Å². The number of sulfonamides is 1. The van der Waals surface area contributed by atoms with E-state index in [1.54, 1.807) is 25.1 Å². The lowest BCUT2D eigenvalue weighted by molar-refractivity contribution is 0.0468. The largest absolute Gasteiger partial charge is 0.456 e. The van der Waals surface area contributed by atoms with Crippen LogP contribution in [-0.4, -0.2) is 19.4 Å². The maximum atomic E-state index is 13.1. The SMILES string of the molecule is Cc1ccc(C(C)(C)C)cc1S(=O)(=O)Nc1ccc(C(=O)OCc2csc(-c3ccccc3)n2)cc1. The summed E-state index contributed by atoms with van der Waals surface area (Å²) in [6, 6.07) is 21.5. The molecule has 0 aliphatic carbocycles. The van der Waals surface area contributed by atoms with Gasteiger partial charge in [0, 0.05) is 16.6 Å². The van der Waals surface area contributed by atoms with Crippen molar-refractivity contribution in [3.8, 4) is 10.6 Å².